The molecule has 0 amide bonds. The van der Waals surface area contributed by atoms with E-state index in [2.05, 4.69) is 25.7 Å². The molecule has 7 nitrogen and oxygen atoms in total. The Morgan fingerprint density at radius 1 is 1.25 bits per heavy atom. The maximum atomic E-state index is 13.9. The first-order chi connectivity index (χ1) is 13.5. The third kappa shape index (κ3) is 4.01. The van der Waals surface area contributed by atoms with Crippen molar-refractivity contribution in [3.63, 3.8) is 0 Å². The van der Waals surface area contributed by atoms with Crippen LogP contribution in [-0.4, -0.2) is 29.8 Å². The third-order valence-corrected chi connectivity index (χ3v) is 5.58. The molecule has 1 N–H and O–H groups in total. The summed E-state index contributed by atoms with van der Waals surface area (Å²) in [4.78, 5) is 0. The van der Waals surface area contributed by atoms with E-state index in [1.807, 2.05) is 6.92 Å². The first kappa shape index (κ1) is 18.9. The molecule has 0 aliphatic rings. The molecule has 1 aromatic carbocycles. The Hall–Kier alpha value is -2.49. The predicted octanol–water partition coefficient (Wildman–Crippen LogP) is 4.78. The summed E-state index contributed by atoms with van der Waals surface area (Å²) in [6, 6.07) is 6.27. The van der Waals surface area contributed by atoms with E-state index in [1.54, 1.807) is 46.2 Å². The molecule has 0 unspecified atom stereocenters. The molecule has 0 saturated heterocycles. The second kappa shape index (κ2) is 7.86. The number of nitrogens with one attached hydrogen (secondary N) is 1. The van der Waals surface area contributed by atoms with Crippen molar-refractivity contribution in [1.82, 2.24) is 29.8 Å². The molecule has 0 aliphatic heterocycles. The van der Waals surface area contributed by atoms with Gasteiger partial charge in [-0.05, 0) is 19.1 Å². The lowest BCUT2D eigenvalue weighted by atomic mass is 10.2. The van der Waals surface area contributed by atoms with Crippen LogP contribution < -0.4 is 5.32 Å². The van der Waals surface area contributed by atoms with E-state index in [9.17, 15) is 4.39 Å². The summed E-state index contributed by atoms with van der Waals surface area (Å²) in [5, 5.41) is 22.3. The Bertz CT molecular complexity index is 1090. The molecule has 3 heterocycles. The van der Waals surface area contributed by atoms with Gasteiger partial charge in [0.15, 0.2) is 5.82 Å². The van der Waals surface area contributed by atoms with Crippen LogP contribution in [0, 0.1) is 5.82 Å². The molecular weight excluding hydrogens is 424 g/mol. The number of nitrogens with zero attached hydrogens (tertiary/aromatic N) is 6. The summed E-state index contributed by atoms with van der Waals surface area (Å²) >= 11 is 13.4. The number of aromatic nitrogens is 6. The van der Waals surface area contributed by atoms with Gasteiger partial charge in [0.2, 0.25) is 5.13 Å². The first-order valence-corrected chi connectivity index (χ1v) is 9.83. The Morgan fingerprint density at radius 3 is 2.86 bits per heavy atom. The Balaban J connectivity index is 1.45. The van der Waals surface area contributed by atoms with Crippen LogP contribution in [0.2, 0.25) is 10.0 Å². The van der Waals surface area contributed by atoms with Crippen molar-refractivity contribution in [3.8, 4) is 0 Å². The smallest absolute Gasteiger partial charge is 0.211 e. The first-order valence-electron chi connectivity index (χ1n) is 8.26. The van der Waals surface area contributed by atoms with Gasteiger partial charge in [0.05, 0.1) is 17.8 Å². The van der Waals surface area contributed by atoms with Crippen LogP contribution in [0.15, 0.2) is 42.9 Å². The molecule has 0 fully saturated rings. The highest BCUT2D eigenvalue weighted by Gasteiger charge is 2.16. The fraction of sp³-hybridized carbons (Fsp3) is 0.176. The summed E-state index contributed by atoms with van der Waals surface area (Å²) in [7, 11) is 0. The quantitative estimate of drug-likeness (QED) is 0.469. The molecule has 0 aliphatic carbocycles. The minimum atomic E-state index is -0.362. The van der Waals surface area contributed by atoms with Crippen molar-refractivity contribution < 1.29 is 4.39 Å². The van der Waals surface area contributed by atoms with Crippen LogP contribution in [0.1, 0.15) is 23.5 Å². The zero-order chi connectivity index (χ0) is 19.7. The summed E-state index contributed by atoms with van der Waals surface area (Å²) in [6.07, 6.45) is 5.05. The van der Waals surface area contributed by atoms with Gasteiger partial charge >= 0.3 is 0 Å². The van der Waals surface area contributed by atoms with Gasteiger partial charge < -0.3 is 5.32 Å². The molecule has 0 bridgehead atoms. The fourth-order valence-electron chi connectivity index (χ4n) is 2.57. The maximum absolute atomic E-state index is 13.9. The second-order valence-corrected chi connectivity index (χ2v) is 7.84. The summed E-state index contributed by atoms with van der Waals surface area (Å²) in [6.45, 7) is 2.19. The highest BCUT2D eigenvalue weighted by atomic mass is 35.5. The van der Waals surface area contributed by atoms with Crippen LogP contribution in [0.4, 0.5) is 15.3 Å². The highest BCUT2D eigenvalue weighted by Crippen LogP contribution is 2.27. The van der Waals surface area contributed by atoms with Gasteiger partial charge in [0.25, 0.3) is 0 Å². The molecule has 28 heavy (non-hydrogen) atoms. The molecule has 3 aromatic heterocycles. The van der Waals surface area contributed by atoms with Crippen molar-refractivity contribution in [2.24, 2.45) is 0 Å². The number of hydrogen-bond donors (Lipinski definition) is 1. The van der Waals surface area contributed by atoms with Crippen LogP contribution >= 0.6 is 34.5 Å². The molecule has 0 saturated carbocycles. The standard InChI is InChI=1S/C17H14Cl2FN7S/c1-10(27-8-11(18)7-21-27)16-23-24-17(28-16)22-15-5-6-26(25-15)9-12-13(19)3-2-4-14(12)20/h2-8,10H,9H2,1H3,(H,22,24,25)/t10-/m0/s1. The van der Waals surface area contributed by atoms with Gasteiger partial charge in [-0.15, -0.1) is 10.2 Å². The van der Waals surface area contributed by atoms with E-state index in [0.717, 1.165) is 5.01 Å². The maximum Gasteiger partial charge on any atom is 0.211 e. The minimum Gasteiger partial charge on any atom is -0.313 e. The lowest BCUT2D eigenvalue weighted by Gasteiger charge is -2.07. The van der Waals surface area contributed by atoms with E-state index in [-0.39, 0.29) is 18.4 Å². The fourth-order valence-corrected chi connectivity index (χ4v) is 3.73. The van der Waals surface area contributed by atoms with E-state index in [1.165, 1.54) is 17.4 Å². The van der Waals surface area contributed by atoms with E-state index in [4.69, 9.17) is 23.2 Å². The number of anilines is 2. The highest BCUT2D eigenvalue weighted by molar-refractivity contribution is 7.15. The average molecular weight is 438 g/mol. The largest absolute Gasteiger partial charge is 0.313 e. The van der Waals surface area contributed by atoms with Crippen LogP contribution in [-0.2, 0) is 6.54 Å². The van der Waals surface area contributed by atoms with Gasteiger partial charge in [-0.3, -0.25) is 9.36 Å². The predicted molar refractivity (Wildman–Crippen MR) is 107 cm³/mol. The third-order valence-electron chi connectivity index (χ3n) is 4.02. The molecular formula is C17H14Cl2FN7S. The van der Waals surface area contributed by atoms with Gasteiger partial charge in [-0.2, -0.15) is 10.2 Å². The van der Waals surface area contributed by atoms with Crippen LogP contribution in [0.5, 0.6) is 0 Å². The average Bonchev–Trinajstić information content (AvgIpc) is 3.40. The molecule has 11 heteroatoms. The van der Waals surface area contributed by atoms with E-state index in [0.29, 0.717) is 26.6 Å². The Labute approximate surface area is 173 Å². The SMILES string of the molecule is C[C@@H](c1nnc(Nc2ccn(Cc3c(F)cccc3Cl)n2)s1)n1cc(Cl)cn1. The van der Waals surface area contributed by atoms with Gasteiger partial charge in [0.1, 0.15) is 16.9 Å². The zero-order valence-corrected chi connectivity index (χ0v) is 16.9. The summed E-state index contributed by atoms with van der Waals surface area (Å²) in [5.41, 5.74) is 0.392. The minimum absolute atomic E-state index is 0.0960. The van der Waals surface area contributed by atoms with Crippen molar-refractivity contribution in [1.29, 1.82) is 0 Å². The normalized spacial score (nSPS) is 12.3. The van der Waals surface area contributed by atoms with Crippen molar-refractivity contribution in [3.05, 3.63) is 69.3 Å². The topological polar surface area (TPSA) is 73.5 Å². The van der Waals surface area contributed by atoms with Gasteiger partial charge in [-0.1, -0.05) is 40.6 Å². The Kier molecular flexibility index (Phi) is 5.29. The summed E-state index contributed by atoms with van der Waals surface area (Å²) < 4.78 is 17.3. The molecule has 0 radical (unpaired) electrons. The monoisotopic (exact) mass is 437 g/mol. The molecule has 4 aromatic rings. The molecule has 4 rings (SSSR count). The van der Waals surface area contributed by atoms with E-state index < -0.39 is 0 Å². The second-order valence-electron chi connectivity index (χ2n) is 5.98. The molecule has 1 atom stereocenters. The van der Waals surface area contributed by atoms with Gasteiger partial charge in [-0.25, -0.2) is 4.39 Å². The van der Waals surface area contributed by atoms with Crippen LogP contribution in [0.25, 0.3) is 0 Å². The lowest BCUT2D eigenvalue weighted by molar-refractivity contribution is 0.557. The van der Waals surface area contributed by atoms with Gasteiger partial charge in [0, 0.05) is 29.0 Å². The van der Waals surface area contributed by atoms with E-state index >= 15 is 0 Å². The zero-order valence-electron chi connectivity index (χ0n) is 14.6. The summed E-state index contributed by atoms with van der Waals surface area (Å²) in [5.74, 6) is 0.212. The lowest BCUT2D eigenvalue weighted by Crippen LogP contribution is -2.06. The molecule has 0 spiro atoms. The van der Waals surface area contributed by atoms with Crippen molar-refractivity contribution in [2.45, 2.75) is 19.5 Å². The number of benzene rings is 1. The Morgan fingerprint density at radius 2 is 2.11 bits per heavy atom. The number of halogens is 3. The number of rotatable bonds is 6. The van der Waals surface area contributed by atoms with Crippen LogP contribution in [0.3, 0.4) is 0 Å². The number of hydrogen-bond acceptors (Lipinski definition) is 6. The molecule has 144 valence electrons. The van der Waals surface area contributed by atoms with Crippen molar-refractivity contribution >= 4 is 45.5 Å². The van der Waals surface area contributed by atoms with Crippen molar-refractivity contribution in [2.75, 3.05) is 5.32 Å².